The van der Waals surface area contributed by atoms with Gasteiger partial charge in [0.2, 0.25) is 0 Å². The van der Waals surface area contributed by atoms with Crippen molar-refractivity contribution in [3.8, 4) is 0 Å². The number of pyridine rings is 1. The third-order valence-electron chi connectivity index (χ3n) is 1.89. The minimum Gasteiger partial charge on any atom is -0.399 e. The summed E-state index contributed by atoms with van der Waals surface area (Å²) in [5.74, 6) is 0. The van der Waals surface area contributed by atoms with E-state index in [0.717, 1.165) is 16.2 Å². The van der Waals surface area contributed by atoms with Crippen LogP contribution in [-0.2, 0) is 4.84 Å². The van der Waals surface area contributed by atoms with Crippen LogP contribution in [0.25, 0.3) is 0 Å². The van der Waals surface area contributed by atoms with Gasteiger partial charge in [0.25, 0.3) is 0 Å². The third-order valence-corrected chi connectivity index (χ3v) is 2.77. The monoisotopic (exact) mass is 218 g/mol. The molecule has 0 radical (unpaired) electrons. The van der Waals surface area contributed by atoms with Gasteiger partial charge in [-0.2, -0.15) is 0 Å². The lowest BCUT2D eigenvalue weighted by Gasteiger charge is -2.02. The van der Waals surface area contributed by atoms with Gasteiger partial charge in [0.05, 0.1) is 4.88 Å². The molecule has 2 heterocycles. The summed E-state index contributed by atoms with van der Waals surface area (Å²) in [5, 5.41) is 6.05. The van der Waals surface area contributed by atoms with E-state index in [0.29, 0.717) is 0 Å². The van der Waals surface area contributed by atoms with Crippen LogP contribution in [0.2, 0.25) is 0 Å². The van der Waals surface area contributed by atoms with E-state index in [1.54, 1.807) is 30.8 Å². The standard InChI is InChI=1S/C11H10N2OS/c1-14-13-11(10-3-2-8-15-10)9-4-6-12-7-5-9/h2-8H,1H3. The van der Waals surface area contributed by atoms with Crippen LogP contribution in [0, 0.1) is 0 Å². The number of aromatic nitrogens is 1. The second-order valence-electron chi connectivity index (χ2n) is 2.84. The Hall–Kier alpha value is -1.68. The summed E-state index contributed by atoms with van der Waals surface area (Å²) in [4.78, 5) is 9.92. The minimum atomic E-state index is 0.843. The number of thiophene rings is 1. The summed E-state index contributed by atoms with van der Waals surface area (Å²) in [6.45, 7) is 0. The predicted molar refractivity (Wildman–Crippen MR) is 61.2 cm³/mol. The first-order chi connectivity index (χ1) is 7.42. The zero-order valence-corrected chi connectivity index (χ0v) is 9.07. The van der Waals surface area contributed by atoms with E-state index in [2.05, 4.69) is 10.1 Å². The van der Waals surface area contributed by atoms with Gasteiger partial charge in [0, 0.05) is 18.0 Å². The molecule has 3 nitrogen and oxygen atoms in total. The highest BCUT2D eigenvalue weighted by molar-refractivity contribution is 7.12. The quantitative estimate of drug-likeness (QED) is 0.586. The van der Waals surface area contributed by atoms with Crippen LogP contribution in [0.1, 0.15) is 10.4 Å². The average molecular weight is 218 g/mol. The molecule has 0 aliphatic rings. The number of oxime groups is 1. The highest BCUT2D eigenvalue weighted by Gasteiger charge is 2.07. The lowest BCUT2D eigenvalue weighted by atomic mass is 10.1. The van der Waals surface area contributed by atoms with E-state index in [9.17, 15) is 0 Å². The molecule has 0 amide bonds. The van der Waals surface area contributed by atoms with Crippen LogP contribution >= 0.6 is 11.3 Å². The van der Waals surface area contributed by atoms with Crippen LogP contribution in [-0.4, -0.2) is 17.8 Å². The maximum absolute atomic E-state index is 4.86. The Balaban J connectivity index is 2.42. The predicted octanol–water partition coefficient (Wildman–Crippen LogP) is 2.54. The normalized spacial score (nSPS) is 11.4. The summed E-state index contributed by atoms with van der Waals surface area (Å²) < 4.78 is 0. The van der Waals surface area contributed by atoms with Crippen molar-refractivity contribution in [2.75, 3.05) is 7.11 Å². The Morgan fingerprint density at radius 3 is 2.73 bits per heavy atom. The van der Waals surface area contributed by atoms with Crippen LogP contribution in [0.3, 0.4) is 0 Å². The van der Waals surface area contributed by atoms with Gasteiger partial charge in [-0.15, -0.1) is 11.3 Å². The van der Waals surface area contributed by atoms with E-state index < -0.39 is 0 Å². The van der Waals surface area contributed by atoms with Crippen LogP contribution in [0.15, 0.2) is 47.2 Å². The van der Waals surface area contributed by atoms with E-state index in [1.807, 2.05) is 29.6 Å². The van der Waals surface area contributed by atoms with E-state index in [1.165, 1.54) is 0 Å². The van der Waals surface area contributed by atoms with Crippen LogP contribution < -0.4 is 0 Å². The third kappa shape index (κ3) is 2.22. The van der Waals surface area contributed by atoms with Crippen molar-refractivity contribution in [2.45, 2.75) is 0 Å². The van der Waals surface area contributed by atoms with E-state index >= 15 is 0 Å². The molecule has 0 N–H and O–H groups in total. The summed E-state index contributed by atoms with van der Waals surface area (Å²) in [7, 11) is 1.55. The molecule has 0 saturated carbocycles. The fourth-order valence-electron chi connectivity index (χ4n) is 1.25. The van der Waals surface area contributed by atoms with Crippen molar-refractivity contribution >= 4 is 17.0 Å². The van der Waals surface area contributed by atoms with Crippen molar-refractivity contribution in [1.29, 1.82) is 0 Å². The largest absolute Gasteiger partial charge is 0.399 e. The van der Waals surface area contributed by atoms with Gasteiger partial charge in [-0.1, -0.05) is 11.2 Å². The molecule has 0 aromatic carbocycles. The van der Waals surface area contributed by atoms with Gasteiger partial charge in [-0.25, -0.2) is 0 Å². The second-order valence-corrected chi connectivity index (χ2v) is 3.78. The van der Waals surface area contributed by atoms with Crippen molar-refractivity contribution < 1.29 is 4.84 Å². The SMILES string of the molecule is CON=C(c1ccncc1)c1cccs1. The summed E-state index contributed by atoms with van der Waals surface area (Å²) in [6, 6.07) is 7.84. The lowest BCUT2D eigenvalue weighted by Crippen LogP contribution is -2.01. The minimum absolute atomic E-state index is 0.843. The Labute approximate surface area is 92.0 Å². The van der Waals surface area contributed by atoms with Gasteiger partial charge < -0.3 is 4.84 Å². The van der Waals surface area contributed by atoms with Crippen molar-refractivity contribution in [2.24, 2.45) is 5.16 Å². The topological polar surface area (TPSA) is 34.5 Å². The summed E-state index contributed by atoms with van der Waals surface area (Å²) in [5.41, 5.74) is 1.85. The molecule has 0 aliphatic heterocycles. The maximum atomic E-state index is 4.86. The van der Waals surface area contributed by atoms with Gasteiger partial charge in [0.15, 0.2) is 0 Å². The first-order valence-electron chi connectivity index (χ1n) is 4.47. The molecule has 4 heteroatoms. The molecule has 76 valence electrons. The van der Waals surface area contributed by atoms with Crippen molar-refractivity contribution in [3.63, 3.8) is 0 Å². The fourth-order valence-corrected chi connectivity index (χ4v) is 1.98. The molecule has 2 rings (SSSR count). The fraction of sp³-hybridized carbons (Fsp3) is 0.0909. The van der Waals surface area contributed by atoms with Crippen LogP contribution in [0.5, 0.6) is 0 Å². The molecule has 2 aromatic heterocycles. The van der Waals surface area contributed by atoms with Gasteiger partial charge in [-0.3, -0.25) is 4.98 Å². The van der Waals surface area contributed by atoms with E-state index in [-0.39, 0.29) is 0 Å². The first kappa shape index (κ1) is 9.86. The highest BCUT2D eigenvalue weighted by atomic mass is 32.1. The summed E-state index contributed by atoms with van der Waals surface area (Å²) in [6.07, 6.45) is 3.49. The summed E-state index contributed by atoms with van der Waals surface area (Å²) >= 11 is 1.63. The Bertz CT molecular complexity index is 437. The first-order valence-corrected chi connectivity index (χ1v) is 5.35. The molecule has 0 spiro atoms. The van der Waals surface area contributed by atoms with Gasteiger partial charge in [0.1, 0.15) is 12.8 Å². The number of hydrogen-bond acceptors (Lipinski definition) is 4. The molecular formula is C11H10N2OS. The molecule has 0 bridgehead atoms. The Kier molecular flexibility index (Phi) is 3.09. The maximum Gasteiger partial charge on any atom is 0.127 e. The highest BCUT2D eigenvalue weighted by Crippen LogP contribution is 2.15. The number of rotatable bonds is 3. The Morgan fingerprint density at radius 2 is 2.13 bits per heavy atom. The molecule has 0 unspecified atom stereocenters. The van der Waals surface area contributed by atoms with Gasteiger partial charge >= 0.3 is 0 Å². The van der Waals surface area contributed by atoms with Crippen molar-refractivity contribution in [3.05, 3.63) is 52.5 Å². The molecule has 2 aromatic rings. The molecule has 0 aliphatic carbocycles. The lowest BCUT2D eigenvalue weighted by molar-refractivity contribution is 0.214. The number of hydrogen-bond donors (Lipinski definition) is 0. The van der Waals surface area contributed by atoms with Gasteiger partial charge in [-0.05, 0) is 23.6 Å². The smallest absolute Gasteiger partial charge is 0.127 e. The second kappa shape index (κ2) is 4.70. The molecule has 0 atom stereocenters. The zero-order valence-electron chi connectivity index (χ0n) is 8.25. The molecule has 0 saturated heterocycles. The Morgan fingerprint density at radius 1 is 1.33 bits per heavy atom. The van der Waals surface area contributed by atoms with E-state index in [4.69, 9.17) is 4.84 Å². The van der Waals surface area contributed by atoms with Crippen LogP contribution in [0.4, 0.5) is 0 Å². The molecule has 0 fully saturated rings. The molecule has 15 heavy (non-hydrogen) atoms. The molecular weight excluding hydrogens is 208 g/mol. The zero-order chi connectivity index (χ0) is 10.5. The average Bonchev–Trinajstić information content (AvgIpc) is 2.80. The van der Waals surface area contributed by atoms with Crippen molar-refractivity contribution in [1.82, 2.24) is 4.98 Å². The number of nitrogens with zero attached hydrogens (tertiary/aromatic N) is 2.